The zero-order valence-electron chi connectivity index (χ0n) is 22.6. The predicted molar refractivity (Wildman–Crippen MR) is 149 cm³/mol. The number of oxazole rings is 1. The molecule has 0 spiro atoms. The maximum atomic E-state index is 6.21. The highest BCUT2D eigenvalue weighted by Gasteiger charge is 2.33. The molecule has 1 N–H and O–H groups in total. The number of methoxy groups -OCH3 is 1. The van der Waals surface area contributed by atoms with Crippen LogP contribution in [0.4, 0.5) is 5.69 Å². The van der Waals surface area contributed by atoms with Crippen LogP contribution in [0.15, 0.2) is 63.1 Å². The lowest BCUT2D eigenvalue weighted by atomic mass is 9.91. The van der Waals surface area contributed by atoms with Crippen LogP contribution in [0, 0.1) is 0 Å². The van der Waals surface area contributed by atoms with Crippen molar-refractivity contribution in [1.29, 1.82) is 0 Å². The van der Waals surface area contributed by atoms with Gasteiger partial charge in [0.05, 0.1) is 31.5 Å². The Kier molecular flexibility index (Phi) is 8.55. The molecule has 1 saturated heterocycles. The van der Waals surface area contributed by atoms with E-state index in [-0.39, 0.29) is 12.0 Å². The summed E-state index contributed by atoms with van der Waals surface area (Å²) in [6.45, 7) is 5.78. The SMILES string of the molecule is CN=C(C)CN(C)c1ccc(C(=NC)NN2CCCC(c3ncc(-c4ccccc4)o3)C2C)nc1OC. The van der Waals surface area contributed by atoms with Crippen LogP contribution >= 0.6 is 0 Å². The third-order valence-electron chi connectivity index (χ3n) is 6.90. The van der Waals surface area contributed by atoms with Gasteiger partial charge in [-0.05, 0) is 38.8 Å². The fourth-order valence-electron chi connectivity index (χ4n) is 4.69. The second-order valence-electron chi connectivity index (χ2n) is 9.34. The standard InChI is InChI=1S/C28H37N7O2/c1-19(29-3)18-34(5)24-15-14-23(32-28(24)36-6)26(30-4)33-35-16-10-13-22(20(35)2)27-31-17-25(37-27)21-11-8-7-9-12-21/h7-9,11-12,14-15,17,20,22H,10,13,16,18H2,1-6H3,(H,30,33). The Morgan fingerprint density at radius 2 is 1.97 bits per heavy atom. The van der Waals surface area contributed by atoms with Crippen LogP contribution in [0.5, 0.6) is 5.88 Å². The highest BCUT2D eigenvalue weighted by Crippen LogP contribution is 2.33. The Hall–Kier alpha value is -3.72. The Balaban J connectivity index is 1.49. The molecule has 0 radical (unpaired) electrons. The lowest BCUT2D eigenvalue weighted by Gasteiger charge is -2.38. The molecule has 1 aromatic carbocycles. The van der Waals surface area contributed by atoms with Crippen molar-refractivity contribution in [2.24, 2.45) is 9.98 Å². The van der Waals surface area contributed by atoms with Crippen molar-refractivity contribution in [3.63, 3.8) is 0 Å². The van der Waals surface area contributed by atoms with Crippen molar-refractivity contribution in [2.45, 2.75) is 38.6 Å². The maximum absolute atomic E-state index is 6.21. The van der Waals surface area contributed by atoms with E-state index in [2.05, 4.69) is 37.2 Å². The summed E-state index contributed by atoms with van der Waals surface area (Å²) in [5.41, 5.74) is 7.19. The van der Waals surface area contributed by atoms with E-state index in [4.69, 9.17) is 14.1 Å². The minimum absolute atomic E-state index is 0.149. The van der Waals surface area contributed by atoms with E-state index >= 15 is 0 Å². The van der Waals surface area contributed by atoms with Gasteiger partial charge in [-0.2, -0.15) is 0 Å². The molecule has 0 amide bonds. The third kappa shape index (κ3) is 5.99. The molecule has 9 heteroatoms. The summed E-state index contributed by atoms with van der Waals surface area (Å²) in [7, 11) is 7.21. The molecule has 0 saturated carbocycles. The smallest absolute Gasteiger partial charge is 0.237 e. The number of piperidine rings is 1. The third-order valence-corrected chi connectivity index (χ3v) is 6.90. The number of nitrogens with zero attached hydrogens (tertiary/aromatic N) is 6. The number of nitrogens with one attached hydrogen (secondary N) is 1. The predicted octanol–water partition coefficient (Wildman–Crippen LogP) is 4.42. The van der Waals surface area contributed by atoms with E-state index in [1.54, 1.807) is 21.2 Å². The lowest BCUT2D eigenvalue weighted by Crippen LogP contribution is -2.52. The Bertz CT molecular complexity index is 1240. The van der Waals surface area contributed by atoms with Gasteiger partial charge in [-0.1, -0.05) is 30.3 Å². The molecule has 1 aliphatic rings. The zero-order valence-corrected chi connectivity index (χ0v) is 22.6. The van der Waals surface area contributed by atoms with Crippen molar-refractivity contribution in [3.05, 3.63) is 60.2 Å². The lowest BCUT2D eigenvalue weighted by molar-refractivity contribution is 0.0994. The molecule has 0 bridgehead atoms. The monoisotopic (exact) mass is 503 g/mol. The number of hydrazine groups is 1. The van der Waals surface area contributed by atoms with Gasteiger partial charge in [0.25, 0.3) is 0 Å². The summed E-state index contributed by atoms with van der Waals surface area (Å²) >= 11 is 0. The topological polar surface area (TPSA) is 91.4 Å². The van der Waals surface area contributed by atoms with Crippen molar-refractivity contribution < 1.29 is 9.15 Å². The van der Waals surface area contributed by atoms with E-state index < -0.39 is 0 Å². The first kappa shape index (κ1) is 26.3. The fourth-order valence-corrected chi connectivity index (χ4v) is 4.69. The molecule has 1 aliphatic heterocycles. The molecule has 2 aromatic heterocycles. The molecule has 0 aliphatic carbocycles. The summed E-state index contributed by atoms with van der Waals surface area (Å²) in [4.78, 5) is 20.2. The second kappa shape index (κ2) is 12.0. The minimum Gasteiger partial charge on any atom is -0.480 e. The van der Waals surface area contributed by atoms with Gasteiger partial charge in [-0.25, -0.2) is 15.0 Å². The number of rotatable bonds is 8. The first-order chi connectivity index (χ1) is 17.9. The highest BCUT2D eigenvalue weighted by atomic mass is 16.5. The quantitative estimate of drug-likeness (QED) is 0.359. The molecule has 3 aromatic rings. The molecule has 1 fully saturated rings. The summed E-state index contributed by atoms with van der Waals surface area (Å²) in [5.74, 6) is 2.96. The van der Waals surface area contributed by atoms with Gasteiger partial charge in [0.15, 0.2) is 17.5 Å². The number of benzene rings is 1. The molecular weight excluding hydrogens is 466 g/mol. The van der Waals surface area contributed by atoms with Crippen LogP contribution in [0.1, 0.15) is 44.2 Å². The molecule has 2 unspecified atom stereocenters. The van der Waals surface area contributed by atoms with Crippen molar-refractivity contribution in [2.75, 3.05) is 46.2 Å². The van der Waals surface area contributed by atoms with Crippen LogP contribution in [0.25, 0.3) is 11.3 Å². The Morgan fingerprint density at radius 1 is 1.19 bits per heavy atom. The molecule has 4 rings (SSSR count). The van der Waals surface area contributed by atoms with Gasteiger partial charge in [-0.15, -0.1) is 0 Å². The zero-order chi connectivity index (χ0) is 26.4. The number of hydrogen-bond donors (Lipinski definition) is 1. The van der Waals surface area contributed by atoms with Gasteiger partial charge < -0.3 is 19.5 Å². The first-order valence-corrected chi connectivity index (χ1v) is 12.6. The minimum atomic E-state index is 0.149. The number of anilines is 1. The highest BCUT2D eigenvalue weighted by molar-refractivity contribution is 5.97. The van der Waals surface area contributed by atoms with Crippen LogP contribution in [0.3, 0.4) is 0 Å². The number of ether oxygens (including phenoxy) is 1. The molecule has 2 atom stereocenters. The van der Waals surface area contributed by atoms with E-state index in [0.29, 0.717) is 24.0 Å². The van der Waals surface area contributed by atoms with Crippen LogP contribution in [-0.2, 0) is 0 Å². The molecule has 37 heavy (non-hydrogen) atoms. The number of aromatic nitrogens is 2. The van der Waals surface area contributed by atoms with E-state index in [1.807, 2.05) is 62.6 Å². The average molecular weight is 504 g/mol. The maximum Gasteiger partial charge on any atom is 0.237 e. The summed E-state index contributed by atoms with van der Waals surface area (Å²) in [5, 5.41) is 2.21. The Labute approximate surface area is 219 Å². The van der Waals surface area contributed by atoms with Crippen LogP contribution in [0.2, 0.25) is 0 Å². The van der Waals surface area contributed by atoms with Crippen molar-refractivity contribution in [3.8, 4) is 17.2 Å². The van der Waals surface area contributed by atoms with E-state index in [9.17, 15) is 0 Å². The van der Waals surface area contributed by atoms with Crippen molar-refractivity contribution in [1.82, 2.24) is 20.4 Å². The van der Waals surface area contributed by atoms with Gasteiger partial charge in [0, 0.05) is 45.0 Å². The fraction of sp³-hybridized carbons (Fsp3) is 0.429. The second-order valence-corrected chi connectivity index (χ2v) is 9.34. The normalized spacial score (nSPS) is 19.1. The average Bonchev–Trinajstić information content (AvgIpc) is 3.42. The summed E-state index contributed by atoms with van der Waals surface area (Å²) < 4.78 is 11.8. The number of hydrogen-bond acceptors (Lipinski definition) is 8. The van der Waals surface area contributed by atoms with Crippen LogP contribution in [-0.4, -0.2) is 73.9 Å². The van der Waals surface area contributed by atoms with Crippen molar-refractivity contribution >= 4 is 17.2 Å². The number of pyridine rings is 1. The molecule has 9 nitrogen and oxygen atoms in total. The molecule has 196 valence electrons. The van der Waals surface area contributed by atoms with Gasteiger partial charge in [-0.3, -0.25) is 9.98 Å². The molecule has 3 heterocycles. The number of amidine groups is 1. The number of aliphatic imine (C=N–C) groups is 2. The van der Waals surface area contributed by atoms with E-state index in [0.717, 1.165) is 48.0 Å². The first-order valence-electron chi connectivity index (χ1n) is 12.6. The molecular formula is C28H37N7O2. The van der Waals surface area contributed by atoms with Gasteiger partial charge in [0.2, 0.25) is 5.88 Å². The summed E-state index contributed by atoms with van der Waals surface area (Å²) in [6.07, 6.45) is 3.85. The van der Waals surface area contributed by atoms with Crippen LogP contribution < -0.4 is 15.1 Å². The van der Waals surface area contributed by atoms with Gasteiger partial charge in [0.1, 0.15) is 5.69 Å². The Morgan fingerprint density at radius 3 is 2.68 bits per heavy atom. The summed E-state index contributed by atoms with van der Waals surface area (Å²) in [6, 6.07) is 14.2. The largest absolute Gasteiger partial charge is 0.480 e. The van der Waals surface area contributed by atoms with Gasteiger partial charge >= 0.3 is 0 Å². The van der Waals surface area contributed by atoms with E-state index in [1.165, 1.54) is 0 Å².